The fraction of sp³-hybridized carbons (Fsp3) is 0.0909. The number of nitrogens with zero attached hydrogens (tertiary/aromatic N) is 4. The number of anilines is 1. The van der Waals surface area contributed by atoms with Crippen LogP contribution in [0.3, 0.4) is 0 Å². The molecule has 0 atom stereocenters. The molecule has 0 aliphatic heterocycles. The summed E-state index contributed by atoms with van der Waals surface area (Å²) in [6.07, 6.45) is 4.73. The van der Waals surface area contributed by atoms with Crippen LogP contribution in [0.4, 0.5) is 5.69 Å². The van der Waals surface area contributed by atoms with Crippen LogP contribution < -0.4 is 10.9 Å². The number of carbonyl (C=O) groups is 1. The summed E-state index contributed by atoms with van der Waals surface area (Å²) in [5.74, 6) is -0.259. The summed E-state index contributed by atoms with van der Waals surface area (Å²) in [7, 11) is 0. The Hall–Kier alpha value is -3.71. The fourth-order valence-electron chi connectivity index (χ4n) is 3.01. The van der Waals surface area contributed by atoms with Gasteiger partial charge < -0.3 is 9.88 Å². The third-order valence-corrected chi connectivity index (χ3v) is 4.94. The van der Waals surface area contributed by atoms with Crippen molar-refractivity contribution in [3.63, 3.8) is 0 Å². The first-order valence-electron chi connectivity index (χ1n) is 9.25. The Labute approximate surface area is 177 Å². The Morgan fingerprint density at radius 2 is 1.80 bits per heavy atom. The molecule has 4 rings (SSSR count). The predicted molar refractivity (Wildman–Crippen MR) is 115 cm³/mol. The number of nitrogens with one attached hydrogen (secondary N) is 1. The minimum atomic E-state index is -0.259. The second kappa shape index (κ2) is 8.75. The van der Waals surface area contributed by atoms with E-state index in [2.05, 4.69) is 15.4 Å². The fourth-order valence-corrected chi connectivity index (χ4v) is 3.20. The molecule has 1 amide bonds. The quantitative estimate of drug-likeness (QED) is 0.519. The summed E-state index contributed by atoms with van der Waals surface area (Å²) < 4.78 is 3.22. The number of halogens is 1. The Bertz CT molecular complexity index is 1220. The summed E-state index contributed by atoms with van der Waals surface area (Å²) in [6, 6.07) is 17.6. The largest absolute Gasteiger partial charge is 0.321 e. The van der Waals surface area contributed by atoms with Crippen LogP contribution in [-0.2, 0) is 13.1 Å². The predicted octanol–water partition coefficient (Wildman–Crippen LogP) is 3.44. The van der Waals surface area contributed by atoms with Gasteiger partial charge in [-0.3, -0.25) is 9.59 Å². The molecule has 0 spiro atoms. The first-order valence-corrected chi connectivity index (χ1v) is 9.63. The number of rotatable bonds is 6. The van der Waals surface area contributed by atoms with Crippen LogP contribution in [0.15, 0.2) is 84.3 Å². The smallest absolute Gasteiger partial charge is 0.255 e. The molecule has 0 radical (unpaired) electrons. The van der Waals surface area contributed by atoms with Crippen LogP contribution in [0.1, 0.15) is 21.5 Å². The molecule has 0 bridgehead atoms. The van der Waals surface area contributed by atoms with E-state index in [4.69, 9.17) is 11.6 Å². The van der Waals surface area contributed by atoms with Crippen molar-refractivity contribution in [1.29, 1.82) is 0 Å². The number of aromatic nitrogens is 4. The molecule has 2 heterocycles. The summed E-state index contributed by atoms with van der Waals surface area (Å²) in [5.41, 5.74) is 2.70. The van der Waals surface area contributed by atoms with Crippen molar-refractivity contribution in [3.05, 3.63) is 112 Å². The molecule has 8 heteroatoms. The van der Waals surface area contributed by atoms with Crippen molar-refractivity contribution in [2.24, 2.45) is 0 Å². The van der Waals surface area contributed by atoms with Crippen molar-refractivity contribution in [3.8, 4) is 0 Å². The van der Waals surface area contributed by atoms with Gasteiger partial charge in [-0.2, -0.15) is 5.10 Å². The van der Waals surface area contributed by atoms with Gasteiger partial charge in [0, 0.05) is 22.8 Å². The molecule has 0 saturated carbocycles. The van der Waals surface area contributed by atoms with Gasteiger partial charge in [0.05, 0.1) is 18.8 Å². The van der Waals surface area contributed by atoms with Crippen molar-refractivity contribution >= 4 is 23.2 Å². The first-order chi connectivity index (χ1) is 14.6. The van der Waals surface area contributed by atoms with Gasteiger partial charge in [0.15, 0.2) is 0 Å². The van der Waals surface area contributed by atoms with Crippen molar-refractivity contribution in [1.82, 2.24) is 19.3 Å². The number of hydrogen-bond acceptors (Lipinski definition) is 4. The highest BCUT2D eigenvalue weighted by Gasteiger charge is 2.09. The number of benzene rings is 2. The number of pyridine rings is 1. The molecule has 0 unspecified atom stereocenters. The average molecular weight is 420 g/mol. The second-order valence-electron chi connectivity index (χ2n) is 6.72. The number of carbonyl (C=O) groups excluding carboxylic acids is 1. The van der Waals surface area contributed by atoms with Crippen LogP contribution in [-0.4, -0.2) is 25.2 Å². The SMILES string of the molecule is O=C(Nc1ccc(=O)n(Cc2ccccc2Cl)c1)c1ccc(Cn2cncn2)cc1. The Morgan fingerprint density at radius 1 is 1.00 bits per heavy atom. The van der Waals surface area contributed by atoms with Crippen molar-refractivity contribution < 1.29 is 4.79 Å². The lowest BCUT2D eigenvalue weighted by molar-refractivity contribution is 0.102. The topological polar surface area (TPSA) is 81.8 Å². The first kappa shape index (κ1) is 19.6. The van der Waals surface area contributed by atoms with E-state index in [1.807, 2.05) is 30.3 Å². The summed E-state index contributed by atoms with van der Waals surface area (Å²) in [5, 5.41) is 7.49. The molecule has 1 N–H and O–H groups in total. The van der Waals surface area contributed by atoms with Crippen LogP contribution in [0.25, 0.3) is 0 Å². The Balaban J connectivity index is 1.46. The molecule has 30 heavy (non-hydrogen) atoms. The zero-order valence-electron chi connectivity index (χ0n) is 15.9. The summed E-state index contributed by atoms with van der Waals surface area (Å²) in [6.45, 7) is 0.897. The Kier molecular flexibility index (Phi) is 5.72. The molecule has 0 aliphatic carbocycles. The second-order valence-corrected chi connectivity index (χ2v) is 7.13. The van der Waals surface area contributed by atoms with E-state index < -0.39 is 0 Å². The van der Waals surface area contributed by atoms with Crippen LogP contribution in [0.5, 0.6) is 0 Å². The molecule has 150 valence electrons. The van der Waals surface area contributed by atoms with Crippen LogP contribution in [0.2, 0.25) is 5.02 Å². The van der Waals surface area contributed by atoms with Gasteiger partial charge in [0.25, 0.3) is 11.5 Å². The van der Waals surface area contributed by atoms with E-state index >= 15 is 0 Å². The number of hydrogen-bond donors (Lipinski definition) is 1. The normalized spacial score (nSPS) is 10.7. The average Bonchev–Trinajstić information content (AvgIpc) is 3.25. The molecule has 7 nitrogen and oxygen atoms in total. The standard InChI is InChI=1S/C22H18ClN5O2/c23-20-4-2-1-3-18(20)12-27-13-19(9-10-21(27)29)26-22(30)17-7-5-16(6-8-17)11-28-15-24-14-25-28/h1-10,13-15H,11-12H2,(H,26,30). The summed E-state index contributed by atoms with van der Waals surface area (Å²) >= 11 is 6.19. The lowest BCUT2D eigenvalue weighted by Gasteiger charge is -2.11. The van der Waals surface area contributed by atoms with Crippen LogP contribution >= 0.6 is 11.6 Å². The third kappa shape index (κ3) is 4.64. The van der Waals surface area contributed by atoms with E-state index in [0.29, 0.717) is 29.4 Å². The molecule has 0 saturated heterocycles. The zero-order valence-corrected chi connectivity index (χ0v) is 16.7. The molecule has 2 aromatic heterocycles. The van der Waals surface area contributed by atoms with E-state index in [9.17, 15) is 9.59 Å². The van der Waals surface area contributed by atoms with Crippen LogP contribution in [0, 0.1) is 0 Å². The maximum atomic E-state index is 12.6. The number of amides is 1. The van der Waals surface area contributed by atoms with E-state index in [-0.39, 0.29) is 11.5 Å². The molecule has 2 aromatic carbocycles. The van der Waals surface area contributed by atoms with Gasteiger partial charge in [-0.05, 0) is 35.4 Å². The van der Waals surface area contributed by atoms with Gasteiger partial charge in [0.1, 0.15) is 12.7 Å². The molecular weight excluding hydrogens is 402 g/mol. The van der Waals surface area contributed by atoms with Gasteiger partial charge in [-0.15, -0.1) is 0 Å². The highest BCUT2D eigenvalue weighted by atomic mass is 35.5. The van der Waals surface area contributed by atoms with E-state index in [1.54, 1.807) is 41.5 Å². The third-order valence-electron chi connectivity index (χ3n) is 4.57. The van der Waals surface area contributed by atoms with Crippen molar-refractivity contribution in [2.45, 2.75) is 13.1 Å². The molecule has 0 aliphatic rings. The molecular formula is C22H18ClN5O2. The zero-order chi connectivity index (χ0) is 20.9. The maximum Gasteiger partial charge on any atom is 0.255 e. The van der Waals surface area contributed by atoms with E-state index in [0.717, 1.165) is 11.1 Å². The van der Waals surface area contributed by atoms with E-state index in [1.165, 1.54) is 17.0 Å². The Morgan fingerprint density at radius 3 is 2.53 bits per heavy atom. The van der Waals surface area contributed by atoms with Gasteiger partial charge in [0.2, 0.25) is 0 Å². The monoisotopic (exact) mass is 419 g/mol. The summed E-state index contributed by atoms with van der Waals surface area (Å²) in [4.78, 5) is 28.7. The lowest BCUT2D eigenvalue weighted by Crippen LogP contribution is -2.21. The van der Waals surface area contributed by atoms with Crippen molar-refractivity contribution in [2.75, 3.05) is 5.32 Å². The van der Waals surface area contributed by atoms with Gasteiger partial charge >= 0.3 is 0 Å². The van der Waals surface area contributed by atoms with Gasteiger partial charge in [-0.1, -0.05) is 41.9 Å². The minimum Gasteiger partial charge on any atom is -0.321 e. The highest BCUT2D eigenvalue weighted by molar-refractivity contribution is 6.31. The molecule has 4 aromatic rings. The maximum absolute atomic E-state index is 12.6. The minimum absolute atomic E-state index is 0.176. The lowest BCUT2D eigenvalue weighted by atomic mass is 10.1. The molecule has 0 fully saturated rings. The highest BCUT2D eigenvalue weighted by Crippen LogP contribution is 2.16. The van der Waals surface area contributed by atoms with Gasteiger partial charge in [-0.25, -0.2) is 9.67 Å².